The zero-order valence-corrected chi connectivity index (χ0v) is 22.7. The highest BCUT2D eigenvalue weighted by atomic mass is 16.2. The summed E-state index contributed by atoms with van der Waals surface area (Å²) in [6.07, 6.45) is 6.41. The van der Waals surface area contributed by atoms with Crippen LogP contribution in [0.5, 0.6) is 0 Å². The Kier molecular flexibility index (Phi) is 8.42. The maximum atomic E-state index is 13.4. The number of rotatable bonds is 7. The number of aromatic nitrogens is 2. The minimum absolute atomic E-state index is 0.000782. The monoisotopic (exact) mass is 519 g/mol. The second kappa shape index (κ2) is 12.1. The van der Waals surface area contributed by atoms with E-state index in [4.69, 9.17) is 0 Å². The van der Waals surface area contributed by atoms with Crippen LogP contribution < -0.4 is 15.5 Å². The van der Waals surface area contributed by atoms with Crippen molar-refractivity contribution in [3.05, 3.63) is 47.9 Å². The Morgan fingerprint density at radius 2 is 1.68 bits per heavy atom. The van der Waals surface area contributed by atoms with E-state index in [1.165, 1.54) is 12.0 Å². The zero-order valence-electron chi connectivity index (χ0n) is 22.7. The summed E-state index contributed by atoms with van der Waals surface area (Å²) in [4.78, 5) is 41.1. The van der Waals surface area contributed by atoms with Gasteiger partial charge in [0.05, 0.1) is 0 Å². The molecule has 5 rings (SSSR count). The molecule has 38 heavy (non-hydrogen) atoms. The fourth-order valence-corrected chi connectivity index (χ4v) is 6.27. The summed E-state index contributed by atoms with van der Waals surface area (Å²) in [5, 5.41) is 6.29. The van der Waals surface area contributed by atoms with Crippen LogP contribution in [0.3, 0.4) is 0 Å². The molecule has 1 atom stereocenters. The lowest BCUT2D eigenvalue weighted by atomic mass is 9.93. The lowest BCUT2D eigenvalue weighted by Crippen LogP contribution is -2.50. The van der Waals surface area contributed by atoms with Gasteiger partial charge in [-0.1, -0.05) is 18.2 Å². The number of hydrogen-bond acceptors (Lipinski definition) is 7. The minimum Gasteiger partial charge on any atom is -0.371 e. The first-order valence-corrected chi connectivity index (χ1v) is 14.1. The third kappa shape index (κ3) is 5.93. The highest BCUT2D eigenvalue weighted by Crippen LogP contribution is 2.27. The molecule has 1 unspecified atom stereocenters. The van der Waals surface area contributed by atoms with Crippen LogP contribution in [0.15, 0.2) is 36.7 Å². The smallest absolute Gasteiger partial charge is 0.272 e. The highest BCUT2D eigenvalue weighted by Gasteiger charge is 2.32. The van der Waals surface area contributed by atoms with Crippen LogP contribution in [0.25, 0.3) is 0 Å². The number of para-hydroxylation sites is 1. The minimum atomic E-state index is 0.000782. The van der Waals surface area contributed by atoms with Gasteiger partial charge in [-0.15, -0.1) is 0 Å². The maximum absolute atomic E-state index is 13.4. The van der Waals surface area contributed by atoms with Crippen LogP contribution >= 0.6 is 0 Å². The van der Waals surface area contributed by atoms with Gasteiger partial charge >= 0.3 is 0 Å². The van der Waals surface area contributed by atoms with E-state index in [-0.39, 0.29) is 17.7 Å². The van der Waals surface area contributed by atoms with Crippen LogP contribution in [0.4, 0.5) is 11.5 Å². The molecule has 2 aromatic rings. The molecule has 3 aliphatic rings. The lowest BCUT2D eigenvalue weighted by molar-refractivity contribution is -0.126. The summed E-state index contributed by atoms with van der Waals surface area (Å²) in [5.41, 5.74) is 2.61. The summed E-state index contributed by atoms with van der Waals surface area (Å²) in [7, 11) is 1.72. The Morgan fingerprint density at radius 3 is 2.39 bits per heavy atom. The van der Waals surface area contributed by atoms with Crippen LogP contribution in [0, 0.1) is 18.8 Å². The number of amides is 2. The first-order chi connectivity index (χ1) is 18.5. The largest absolute Gasteiger partial charge is 0.371 e. The van der Waals surface area contributed by atoms with Crippen LogP contribution in [-0.4, -0.2) is 90.5 Å². The molecule has 1 aromatic carbocycles. The Hall–Kier alpha value is -3.20. The fraction of sp³-hybridized carbons (Fsp3) is 0.586. The Balaban J connectivity index is 1.11. The fourth-order valence-electron chi connectivity index (χ4n) is 6.27. The number of nitrogens with one attached hydrogen (secondary N) is 2. The van der Waals surface area contributed by atoms with Crippen molar-refractivity contribution in [1.82, 2.24) is 25.1 Å². The van der Waals surface area contributed by atoms with E-state index in [1.807, 2.05) is 11.8 Å². The van der Waals surface area contributed by atoms with Gasteiger partial charge in [-0.2, -0.15) is 0 Å². The molecule has 3 fully saturated rings. The van der Waals surface area contributed by atoms with Gasteiger partial charge in [-0.3, -0.25) is 9.59 Å². The van der Waals surface area contributed by atoms with E-state index in [9.17, 15) is 9.59 Å². The van der Waals surface area contributed by atoms with Gasteiger partial charge in [0, 0.05) is 63.0 Å². The second-order valence-corrected chi connectivity index (χ2v) is 11.0. The van der Waals surface area contributed by atoms with Crippen molar-refractivity contribution in [3.8, 4) is 0 Å². The van der Waals surface area contributed by atoms with Crippen molar-refractivity contribution in [1.29, 1.82) is 0 Å². The van der Waals surface area contributed by atoms with E-state index in [0.717, 1.165) is 89.3 Å². The van der Waals surface area contributed by atoms with Crippen LogP contribution in [0.1, 0.15) is 48.2 Å². The predicted molar refractivity (Wildman–Crippen MR) is 149 cm³/mol. The third-order valence-electron chi connectivity index (χ3n) is 8.67. The number of hydrogen-bond donors (Lipinski definition) is 2. The van der Waals surface area contributed by atoms with Gasteiger partial charge in [0.1, 0.15) is 17.8 Å². The van der Waals surface area contributed by atoms with Crippen LogP contribution in [0.2, 0.25) is 0 Å². The molecule has 4 heterocycles. The highest BCUT2D eigenvalue weighted by molar-refractivity contribution is 5.94. The molecule has 3 aliphatic heterocycles. The molecule has 3 saturated heterocycles. The van der Waals surface area contributed by atoms with E-state index in [2.05, 4.69) is 60.7 Å². The summed E-state index contributed by atoms with van der Waals surface area (Å²) in [6, 6.07) is 11.0. The molecule has 9 nitrogen and oxygen atoms in total. The van der Waals surface area contributed by atoms with Crippen molar-refractivity contribution in [3.63, 3.8) is 0 Å². The van der Waals surface area contributed by atoms with Gasteiger partial charge in [0.2, 0.25) is 5.91 Å². The number of nitrogens with zero attached hydrogens (tertiary/aromatic N) is 5. The average molecular weight is 520 g/mol. The lowest BCUT2D eigenvalue weighted by Gasteiger charge is -2.41. The second-order valence-electron chi connectivity index (χ2n) is 11.0. The van der Waals surface area contributed by atoms with Crippen molar-refractivity contribution in [2.45, 2.75) is 45.1 Å². The van der Waals surface area contributed by atoms with E-state index < -0.39 is 0 Å². The number of piperidine rings is 2. The van der Waals surface area contributed by atoms with E-state index >= 15 is 0 Å². The van der Waals surface area contributed by atoms with Gasteiger partial charge < -0.3 is 25.3 Å². The van der Waals surface area contributed by atoms with E-state index in [1.54, 1.807) is 7.05 Å². The molecule has 2 N–H and O–H groups in total. The maximum Gasteiger partial charge on any atom is 0.272 e. The quantitative estimate of drug-likeness (QED) is 0.581. The third-order valence-corrected chi connectivity index (χ3v) is 8.67. The molecule has 0 radical (unpaired) electrons. The van der Waals surface area contributed by atoms with Crippen molar-refractivity contribution in [2.24, 2.45) is 11.8 Å². The van der Waals surface area contributed by atoms with Crippen molar-refractivity contribution >= 4 is 23.3 Å². The Bertz CT molecular complexity index is 1100. The van der Waals surface area contributed by atoms with Gasteiger partial charge in [0.15, 0.2) is 0 Å². The van der Waals surface area contributed by atoms with Gasteiger partial charge in [-0.05, 0) is 70.2 Å². The summed E-state index contributed by atoms with van der Waals surface area (Å²) in [5.74, 6) is 1.59. The number of carbonyl (C=O) groups is 2. The zero-order chi connectivity index (χ0) is 26.5. The number of benzene rings is 1. The summed E-state index contributed by atoms with van der Waals surface area (Å²) < 4.78 is 0. The topological polar surface area (TPSA) is 93.7 Å². The first kappa shape index (κ1) is 26.4. The van der Waals surface area contributed by atoms with Crippen molar-refractivity contribution in [2.75, 3.05) is 63.1 Å². The molecule has 2 amide bonds. The SMILES string of the molecule is CNC(=O)C1CCN(C2CCN(C(=O)c3ncnc(NCC4CCN(c5ccccc5)C4)c3C)CC2)CC1. The van der Waals surface area contributed by atoms with Crippen molar-refractivity contribution < 1.29 is 9.59 Å². The van der Waals surface area contributed by atoms with E-state index in [0.29, 0.717) is 17.7 Å². The summed E-state index contributed by atoms with van der Waals surface area (Å²) in [6.45, 7) is 8.25. The molecule has 1 aromatic heterocycles. The molecule has 204 valence electrons. The molecule has 0 saturated carbocycles. The first-order valence-electron chi connectivity index (χ1n) is 14.1. The number of carbonyl (C=O) groups excluding carboxylic acids is 2. The Morgan fingerprint density at radius 1 is 0.947 bits per heavy atom. The number of likely N-dealkylation sites (tertiary alicyclic amines) is 2. The molecule has 0 spiro atoms. The molecule has 9 heteroatoms. The molecule has 0 bridgehead atoms. The number of anilines is 2. The molecular weight excluding hydrogens is 478 g/mol. The summed E-state index contributed by atoms with van der Waals surface area (Å²) >= 11 is 0. The molecule has 0 aliphatic carbocycles. The van der Waals surface area contributed by atoms with Gasteiger partial charge in [-0.25, -0.2) is 9.97 Å². The standard InChI is InChI=1S/C29H41N7O2/c1-21-26(29(38)35-16-11-25(12-17-35)34-14-9-23(10-15-34)28(37)30-2)32-20-33-27(21)31-18-22-8-13-36(19-22)24-6-4-3-5-7-24/h3-7,20,22-23,25H,8-19H2,1-2H3,(H,30,37)(H,31,32,33). The Labute approximate surface area is 226 Å². The average Bonchev–Trinajstić information content (AvgIpc) is 3.46. The normalized spacial score (nSPS) is 21.5. The van der Waals surface area contributed by atoms with Crippen LogP contribution in [-0.2, 0) is 4.79 Å². The predicted octanol–water partition coefficient (Wildman–Crippen LogP) is 2.79. The van der Waals surface area contributed by atoms with Gasteiger partial charge in [0.25, 0.3) is 5.91 Å². The molecular formula is C29H41N7O2.